The summed E-state index contributed by atoms with van der Waals surface area (Å²) in [5.41, 5.74) is 2.51. The van der Waals surface area contributed by atoms with Gasteiger partial charge in [-0.2, -0.15) is 0 Å². The Hall–Kier alpha value is -1.14. The predicted octanol–water partition coefficient (Wildman–Crippen LogP) is 4.78. The largest absolute Gasteiger partial charge is 0.350 e. The molecule has 3 aromatic rings. The van der Waals surface area contributed by atoms with Gasteiger partial charge in [0, 0.05) is 43.3 Å². The minimum atomic E-state index is 0.0483. The van der Waals surface area contributed by atoms with Crippen LogP contribution >= 0.6 is 38.5 Å². The Kier molecular flexibility index (Phi) is 3.69. The van der Waals surface area contributed by atoms with Crippen molar-refractivity contribution >= 4 is 55.2 Å². The second-order valence-electron chi connectivity index (χ2n) is 4.62. The van der Waals surface area contributed by atoms with E-state index < -0.39 is 0 Å². The molecule has 0 radical (unpaired) electrons. The van der Waals surface area contributed by atoms with Gasteiger partial charge in [0.2, 0.25) is 0 Å². The van der Waals surface area contributed by atoms with Crippen LogP contribution < -0.4 is 0 Å². The van der Waals surface area contributed by atoms with E-state index in [1.807, 2.05) is 60.3 Å². The molecule has 3 rings (SSSR count). The molecule has 0 atom stereocenters. The van der Waals surface area contributed by atoms with E-state index in [4.69, 9.17) is 0 Å². The Labute approximate surface area is 139 Å². The summed E-state index contributed by atoms with van der Waals surface area (Å²) in [6, 6.07) is 13.8. The standard InChI is InChI=1S/C16H11BrINO/c1-19-9-13(11-4-2-3-5-15(11)19)16(20)12-8-10(18)6-7-14(12)17/h2-9H,1H3. The van der Waals surface area contributed by atoms with Gasteiger partial charge in [-0.3, -0.25) is 4.79 Å². The van der Waals surface area contributed by atoms with Crippen molar-refractivity contribution in [1.29, 1.82) is 0 Å². The summed E-state index contributed by atoms with van der Waals surface area (Å²) < 4.78 is 3.87. The van der Waals surface area contributed by atoms with Gasteiger partial charge in [0.05, 0.1) is 0 Å². The van der Waals surface area contributed by atoms with E-state index in [-0.39, 0.29) is 5.78 Å². The lowest BCUT2D eigenvalue weighted by molar-refractivity contribution is 0.103. The van der Waals surface area contributed by atoms with Crippen molar-refractivity contribution in [3.8, 4) is 0 Å². The third-order valence-electron chi connectivity index (χ3n) is 3.31. The molecule has 0 saturated heterocycles. The SMILES string of the molecule is Cn1cc(C(=O)c2cc(I)ccc2Br)c2ccccc21. The molecule has 0 N–H and O–H groups in total. The van der Waals surface area contributed by atoms with E-state index in [9.17, 15) is 4.79 Å². The molecule has 100 valence electrons. The van der Waals surface area contributed by atoms with Crippen LogP contribution in [0, 0.1) is 3.57 Å². The second kappa shape index (κ2) is 5.33. The number of ketones is 1. The molecule has 0 saturated carbocycles. The molecule has 0 aliphatic carbocycles. The molecule has 0 amide bonds. The average molecular weight is 440 g/mol. The van der Waals surface area contributed by atoms with E-state index in [2.05, 4.69) is 38.5 Å². The summed E-state index contributed by atoms with van der Waals surface area (Å²) in [5, 5.41) is 0.991. The first-order valence-corrected chi connectivity index (χ1v) is 7.99. The fourth-order valence-electron chi connectivity index (χ4n) is 2.34. The van der Waals surface area contributed by atoms with Crippen LogP contribution in [0.15, 0.2) is 53.1 Å². The second-order valence-corrected chi connectivity index (χ2v) is 6.72. The van der Waals surface area contributed by atoms with E-state index >= 15 is 0 Å². The maximum absolute atomic E-state index is 12.8. The van der Waals surface area contributed by atoms with Gasteiger partial charge in [-0.25, -0.2) is 0 Å². The molecule has 2 aromatic carbocycles. The quantitative estimate of drug-likeness (QED) is 0.416. The van der Waals surface area contributed by atoms with E-state index in [1.165, 1.54) is 0 Å². The maximum atomic E-state index is 12.8. The minimum Gasteiger partial charge on any atom is -0.350 e. The van der Waals surface area contributed by atoms with Crippen molar-refractivity contribution in [1.82, 2.24) is 4.57 Å². The predicted molar refractivity (Wildman–Crippen MR) is 93.2 cm³/mol. The lowest BCUT2D eigenvalue weighted by atomic mass is 10.0. The van der Waals surface area contributed by atoms with Gasteiger partial charge >= 0.3 is 0 Å². The maximum Gasteiger partial charge on any atom is 0.196 e. The zero-order chi connectivity index (χ0) is 14.3. The smallest absolute Gasteiger partial charge is 0.196 e. The first-order chi connectivity index (χ1) is 9.58. The molecule has 0 aliphatic rings. The van der Waals surface area contributed by atoms with Crippen LogP contribution in [0.25, 0.3) is 10.9 Å². The number of carbonyl (C=O) groups excluding carboxylic acids is 1. The van der Waals surface area contributed by atoms with Crippen LogP contribution in [0.4, 0.5) is 0 Å². The number of rotatable bonds is 2. The highest BCUT2D eigenvalue weighted by Crippen LogP contribution is 2.27. The number of aryl methyl sites for hydroxylation is 1. The lowest BCUT2D eigenvalue weighted by Crippen LogP contribution is -2.02. The highest BCUT2D eigenvalue weighted by molar-refractivity contribution is 14.1. The van der Waals surface area contributed by atoms with Gasteiger partial charge in [0.15, 0.2) is 5.78 Å². The van der Waals surface area contributed by atoms with E-state index in [0.717, 1.165) is 24.5 Å². The Bertz CT molecular complexity index is 822. The molecule has 0 spiro atoms. The molecule has 0 bridgehead atoms. The molecular weight excluding hydrogens is 429 g/mol. The van der Waals surface area contributed by atoms with Crippen LogP contribution in [-0.2, 0) is 7.05 Å². The minimum absolute atomic E-state index is 0.0483. The van der Waals surface area contributed by atoms with Crippen LogP contribution in [0.3, 0.4) is 0 Å². The number of benzene rings is 2. The molecule has 2 nitrogen and oxygen atoms in total. The monoisotopic (exact) mass is 439 g/mol. The molecule has 0 fully saturated rings. The Morgan fingerprint density at radius 1 is 1.15 bits per heavy atom. The number of hydrogen-bond donors (Lipinski definition) is 0. The molecular formula is C16H11BrINO. The van der Waals surface area contributed by atoms with Crippen molar-refractivity contribution in [2.24, 2.45) is 7.05 Å². The number of fused-ring (bicyclic) bond motifs is 1. The fourth-order valence-corrected chi connectivity index (χ4v) is 3.26. The summed E-state index contributed by atoms with van der Waals surface area (Å²) in [5.74, 6) is 0.0483. The zero-order valence-electron chi connectivity index (χ0n) is 10.7. The van der Waals surface area contributed by atoms with Crippen LogP contribution in [0.1, 0.15) is 15.9 Å². The summed E-state index contributed by atoms with van der Waals surface area (Å²) in [4.78, 5) is 12.8. The summed E-state index contributed by atoms with van der Waals surface area (Å²) in [7, 11) is 1.96. The van der Waals surface area contributed by atoms with Gasteiger partial charge in [-0.15, -0.1) is 0 Å². The third kappa shape index (κ3) is 2.31. The Morgan fingerprint density at radius 2 is 1.90 bits per heavy atom. The Morgan fingerprint density at radius 3 is 2.70 bits per heavy atom. The van der Waals surface area contributed by atoms with Crippen molar-refractivity contribution < 1.29 is 4.79 Å². The topological polar surface area (TPSA) is 22.0 Å². The number of carbonyl (C=O) groups is 1. The summed E-state index contributed by atoms with van der Waals surface area (Å²) in [6.45, 7) is 0. The third-order valence-corrected chi connectivity index (χ3v) is 4.68. The number of halogens is 2. The molecule has 20 heavy (non-hydrogen) atoms. The molecule has 0 unspecified atom stereocenters. The van der Waals surface area contributed by atoms with E-state index in [0.29, 0.717) is 5.56 Å². The van der Waals surface area contributed by atoms with Crippen LogP contribution in [0.5, 0.6) is 0 Å². The highest BCUT2D eigenvalue weighted by Gasteiger charge is 2.17. The lowest BCUT2D eigenvalue weighted by Gasteiger charge is -2.03. The van der Waals surface area contributed by atoms with Gasteiger partial charge in [0.1, 0.15) is 0 Å². The Balaban J connectivity index is 2.20. The van der Waals surface area contributed by atoms with Gasteiger partial charge in [-0.05, 0) is 46.9 Å². The zero-order valence-corrected chi connectivity index (χ0v) is 14.5. The molecule has 0 aliphatic heterocycles. The molecule has 4 heteroatoms. The normalized spacial score (nSPS) is 10.9. The first kappa shape index (κ1) is 13.8. The van der Waals surface area contributed by atoms with Gasteiger partial charge < -0.3 is 4.57 Å². The first-order valence-electron chi connectivity index (χ1n) is 6.12. The number of aromatic nitrogens is 1. The van der Waals surface area contributed by atoms with Crippen LogP contribution in [0.2, 0.25) is 0 Å². The van der Waals surface area contributed by atoms with Crippen LogP contribution in [-0.4, -0.2) is 10.4 Å². The number of nitrogens with zero attached hydrogens (tertiary/aromatic N) is 1. The van der Waals surface area contributed by atoms with Gasteiger partial charge in [-0.1, -0.05) is 34.1 Å². The number of para-hydroxylation sites is 1. The molecule has 1 aromatic heterocycles. The molecule has 1 heterocycles. The highest BCUT2D eigenvalue weighted by atomic mass is 127. The van der Waals surface area contributed by atoms with Crippen molar-refractivity contribution in [3.63, 3.8) is 0 Å². The summed E-state index contributed by atoms with van der Waals surface area (Å²) in [6.07, 6.45) is 1.90. The van der Waals surface area contributed by atoms with Gasteiger partial charge in [0.25, 0.3) is 0 Å². The van der Waals surface area contributed by atoms with Crippen molar-refractivity contribution in [2.75, 3.05) is 0 Å². The summed E-state index contributed by atoms with van der Waals surface area (Å²) >= 11 is 5.69. The van der Waals surface area contributed by atoms with E-state index in [1.54, 1.807) is 0 Å². The fraction of sp³-hybridized carbons (Fsp3) is 0.0625. The van der Waals surface area contributed by atoms with Crippen molar-refractivity contribution in [3.05, 3.63) is 67.8 Å². The number of hydrogen-bond acceptors (Lipinski definition) is 1. The average Bonchev–Trinajstić information content (AvgIpc) is 2.79. The van der Waals surface area contributed by atoms with Crippen molar-refractivity contribution in [2.45, 2.75) is 0 Å².